The molecular formula is C43H54Cl2N8O11. The van der Waals surface area contributed by atoms with Crippen LogP contribution < -0.4 is 31.7 Å². The van der Waals surface area contributed by atoms with E-state index < -0.39 is 42.2 Å². The molecule has 4 heterocycles. The summed E-state index contributed by atoms with van der Waals surface area (Å²) in [5.74, 6) is -2.00. The van der Waals surface area contributed by atoms with Crippen molar-refractivity contribution in [3.8, 4) is 17.0 Å². The number of benzene rings is 2. The van der Waals surface area contributed by atoms with Crippen LogP contribution in [0.15, 0.2) is 36.5 Å². The van der Waals surface area contributed by atoms with Gasteiger partial charge < -0.3 is 50.1 Å². The second-order valence-electron chi connectivity index (χ2n) is 15.6. The smallest absolute Gasteiger partial charge is 0.266 e. The molecule has 0 saturated carbocycles. The summed E-state index contributed by atoms with van der Waals surface area (Å²) < 4.78 is 33.4. The monoisotopic (exact) mass is 928 g/mol. The number of nitrogens with one attached hydrogen (secondary N) is 2. The van der Waals surface area contributed by atoms with Gasteiger partial charge in [-0.25, -0.2) is 9.97 Å². The number of imide groups is 2. The number of hydrogen-bond donors (Lipinski definition) is 4. The van der Waals surface area contributed by atoms with Crippen molar-refractivity contribution in [1.82, 2.24) is 25.5 Å². The first-order valence-electron chi connectivity index (χ1n) is 21.1. The lowest BCUT2D eigenvalue weighted by molar-refractivity contribution is -0.136. The molecule has 0 radical (unpaired) electrons. The fourth-order valence-corrected chi connectivity index (χ4v) is 7.72. The Morgan fingerprint density at radius 3 is 2.14 bits per heavy atom. The molecule has 3 aromatic rings. The van der Waals surface area contributed by atoms with Crippen LogP contribution in [0.2, 0.25) is 10.0 Å². The number of aromatic nitrogens is 2. The maximum absolute atomic E-state index is 13.2. The molecule has 1 atom stereocenters. The molecule has 0 aliphatic carbocycles. The van der Waals surface area contributed by atoms with Gasteiger partial charge in [0.05, 0.1) is 93.4 Å². The van der Waals surface area contributed by atoms with Crippen LogP contribution in [0, 0.1) is 0 Å². The van der Waals surface area contributed by atoms with Crippen molar-refractivity contribution in [2.45, 2.75) is 50.6 Å². The average molecular weight is 930 g/mol. The first-order valence-corrected chi connectivity index (χ1v) is 21.9. The maximum atomic E-state index is 13.2. The average Bonchev–Trinajstić information content (AvgIpc) is 3.52. The van der Waals surface area contributed by atoms with Gasteiger partial charge in [0.2, 0.25) is 11.8 Å². The van der Waals surface area contributed by atoms with Gasteiger partial charge in [0.25, 0.3) is 17.7 Å². The van der Waals surface area contributed by atoms with E-state index in [1.807, 2.05) is 12.1 Å². The summed E-state index contributed by atoms with van der Waals surface area (Å²) in [5.41, 5.74) is 14.4. The van der Waals surface area contributed by atoms with Gasteiger partial charge in [0.15, 0.2) is 12.4 Å². The number of ether oxygens (including phenoxy) is 6. The van der Waals surface area contributed by atoms with Crippen molar-refractivity contribution < 1.29 is 52.4 Å². The van der Waals surface area contributed by atoms with Gasteiger partial charge in [0, 0.05) is 37.2 Å². The summed E-state index contributed by atoms with van der Waals surface area (Å²) in [6, 6.07) is 7.05. The lowest BCUT2D eigenvalue weighted by Crippen LogP contribution is -2.54. The summed E-state index contributed by atoms with van der Waals surface area (Å²) >= 11 is 13.3. The number of carbonyl (C=O) groups excluding carboxylic acids is 5. The van der Waals surface area contributed by atoms with E-state index in [0.717, 1.165) is 36.4 Å². The van der Waals surface area contributed by atoms with Gasteiger partial charge in [-0.05, 0) is 50.3 Å². The van der Waals surface area contributed by atoms with E-state index in [0.29, 0.717) is 93.0 Å². The highest BCUT2D eigenvalue weighted by molar-refractivity contribution is 6.44. The number of amides is 5. The second-order valence-corrected chi connectivity index (χ2v) is 16.3. The van der Waals surface area contributed by atoms with E-state index in [2.05, 4.69) is 32.4 Å². The Balaban J connectivity index is 0.741. The van der Waals surface area contributed by atoms with Crippen LogP contribution in [0.4, 0.5) is 11.6 Å². The molecule has 6 rings (SSSR count). The van der Waals surface area contributed by atoms with E-state index in [1.54, 1.807) is 6.20 Å². The fourth-order valence-electron chi connectivity index (χ4n) is 7.19. The standard InChI is InChI=1S/C43H54Cl2N8O11/c1-43(47)10-13-52(14-11-43)32-25-49-38(39(46)50-32)29-6-5-27(36(44)37(29)45)9-15-59-17-19-61-21-23-63-24-22-62-20-18-60-16-12-48-34(55)26-64-31-4-2-3-28-35(31)42(58)53(41(28)57)30-7-8-33(54)51-40(30)56/h2-6,25,30H,7-24,26,47H2,1H3,(H2,46,50)(H,48,55)(H,51,54,56). The summed E-state index contributed by atoms with van der Waals surface area (Å²) in [5, 5.41) is 5.58. The molecule has 19 nitrogen and oxygen atoms in total. The van der Waals surface area contributed by atoms with Crippen molar-refractivity contribution in [2.75, 3.05) is 103 Å². The molecule has 3 aliphatic rings. The minimum absolute atomic E-state index is 0.00563. The molecule has 346 valence electrons. The summed E-state index contributed by atoms with van der Waals surface area (Å²) in [6.07, 6.45) is 4.02. The van der Waals surface area contributed by atoms with Gasteiger partial charge in [-0.15, -0.1) is 0 Å². The number of nitrogens with two attached hydrogens (primary N) is 2. The van der Waals surface area contributed by atoms with Gasteiger partial charge in [-0.2, -0.15) is 0 Å². The minimum atomic E-state index is -1.11. The van der Waals surface area contributed by atoms with Crippen molar-refractivity contribution >= 4 is 64.4 Å². The van der Waals surface area contributed by atoms with E-state index in [-0.39, 0.29) is 54.2 Å². The highest BCUT2D eigenvalue weighted by atomic mass is 35.5. The third kappa shape index (κ3) is 12.8. The first-order chi connectivity index (χ1) is 30.8. The van der Waals surface area contributed by atoms with Crippen LogP contribution in [0.25, 0.3) is 11.3 Å². The van der Waals surface area contributed by atoms with Crippen LogP contribution >= 0.6 is 23.2 Å². The Morgan fingerprint density at radius 2 is 1.50 bits per heavy atom. The fraction of sp³-hybridized carbons (Fsp3) is 0.512. The Labute approximate surface area is 380 Å². The Morgan fingerprint density at radius 1 is 0.859 bits per heavy atom. The van der Waals surface area contributed by atoms with E-state index in [1.165, 1.54) is 18.2 Å². The molecule has 21 heteroatoms. The SMILES string of the molecule is CC1(N)CCN(c2cnc(-c3ccc(CCOCCOCCOCCOCCOCCNC(=O)COc4cccc5c4C(=O)N(C4CCC(=O)NC4=O)C5=O)c(Cl)c3Cl)c(N)n2)CC1. The Hall–Kier alpha value is -4.99. The quantitative estimate of drug-likeness (QED) is 0.0745. The third-order valence-corrected chi connectivity index (χ3v) is 11.7. The molecule has 2 aromatic carbocycles. The Kier molecular flexibility index (Phi) is 17.6. The zero-order chi connectivity index (χ0) is 45.6. The molecule has 6 N–H and O–H groups in total. The van der Waals surface area contributed by atoms with E-state index in [4.69, 9.17) is 63.1 Å². The predicted molar refractivity (Wildman–Crippen MR) is 235 cm³/mol. The normalized spacial score (nSPS) is 17.2. The predicted octanol–water partition coefficient (Wildman–Crippen LogP) is 2.57. The first kappa shape index (κ1) is 48.5. The van der Waals surface area contributed by atoms with Gasteiger partial charge >= 0.3 is 0 Å². The molecule has 3 aliphatic heterocycles. The van der Waals surface area contributed by atoms with Crippen molar-refractivity contribution in [1.29, 1.82) is 0 Å². The molecule has 1 unspecified atom stereocenters. The van der Waals surface area contributed by atoms with Crippen LogP contribution in [0.1, 0.15) is 58.9 Å². The van der Waals surface area contributed by atoms with Crippen LogP contribution in [0.3, 0.4) is 0 Å². The van der Waals surface area contributed by atoms with E-state index in [9.17, 15) is 24.0 Å². The van der Waals surface area contributed by atoms with Gasteiger partial charge in [-0.3, -0.25) is 34.2 Å². The molecule has 0 spiro atoms. The Bertz CT molecular complexity index is 2150. The van der Waals surface area contributed by atoms with Crippen molar-refractivity contribution in [3.05, 3.63) is 63.3 Å². The van der Waals surface area contributed by atoms with Gasteiger partial charge in [-0.1, -0.05) is 41.4 Å². The van der Waals surface area contributed by atoms with E-state index >= 15 is 0 Å². The third-order valence-electron chi connectivity index (χ3n) is 10.8. The lowest BCUT2D eigenvalue weighted by atomic mass is 9.91. The molecule has 5 amide bonds. The number of nitrogens with zero attached hydrogens (tertiary/aromatic N) is 4. The van der Waals surface area contributed by atoms with Crippen LogP contribution in [-0.2, 0) is 44.5 Å². The second kappa shape index (κ2) is 23.3. The largest absolute Gasteiger partial charge is 0.483 e. The summed E-state index contributed by atoms with van der Waals surface area (Å²) in [7, 11) is 0. The zero-order valence-corrected chi connectivity index (χ0v) is 37.2. The van der Waals surface area contributed by atoms with Crippen molar-refractivity contribution in [3.63, 3.8) is 0 Å². The van der Waals surface area contributed by atoms with Crippen LogP contribution in [-0.4, -0.2) is 148 Å². The number of halogens is 2. The molecule has 0 bridgehead atoms. The van der Waals surface area contributed by atoms with Crippen molar-refractivity contribution in [2.24, 2.45) is 5.73 Å². The zero-order valence-electron chi connectivity index (χ0n) is 35.7. The molecule has 1 aromatic heterocycles. The van der Waals surface area contributed by atoms with Gasteiger partial charge in [0.1, 0.15) is 23.3 Å². The topological polar surface area (TPSA) is 249 Å². The molecule has 64 heavy (non-hydrogen) atoms. The van der Waals surface area contributed by atoms with Crippen LogP contribution in [0.5, 0.6) is 5.75 Å². The number of piperidine rings is 2. The highest BCUT2D eigenvalue weighted by Gasteiger charge is 2.46. The summed E-state index contributed by atoms with van der Waals surface area (Å²) in [4.78, 5) is 74.5. The highest BCUT2D eigenvalue weighted by Crippen LogP contribution is 2.38. The number of hydrogen-bond acceptors (Lipinski definition) is 16. The molecule has 2 saturated heterocycles. The number of carbonyl (C=O) groups is 5. The lowest BCUT2D eigenvalue weighted by Gasteiger charge is -2.37. The number of rotatable bonds is 24. The summed E-state index contributed by atoms with van der Waals surface area (Å²) in [6.45, 7) is 7.09. The number of fused-ring (bicyclic) bond motifs is 1. The maximum Gasteiger partial charge on any atom is 0.266 e. The number of anilines is 2. The molecule has 2 fully saturated rings. The minimum Gasteiger partial charge on any atom is -0.483 e. The molecular weight excluding hydrogens is 875 g/mol. The number of nitrogen functional groups attached to an aromatic ring is 1.